The van der Waals surface area contributed by atoms with E-state index >= 15 is 0 Å². The predicted octanol–water partition coefficient (Wildman–Crippen LogP) is 2.05. The summed E-state index contributed by atoms with van der Waals surface area (Å²) in [6, 6.07) is 6.44. The average Bonchev–Trinajstić information content (AvgIpc) is 2.40. The summed E-state index contributed by atoms with van der Waals surface area (Å²) in [6.45, 7) is 2.59. The molecular weight excluding hydrogens is 308 g/mol. The van der Waals surface area contributed by atoms with E-state index in [4.69, 9.17) is 9.47 Å². The van der Waals surface area contributed by atoms with E-state index in [1.807, 2.05) is 6.07 Å². The Balaban J connectivity index is 2.25. The van der Waals surface area contributed by atoms with Gasteiger partial charge in [-0.15, -0.1) is 0 Å². The number of benzene rings is 1. The van der Waals surface area contributed by atoms with Crippen molar-refractivity contribution in [3.8, 4) is 5.75 Å². The third-order valence-corrected chi connectivity index (χ3v) is 4.00. The van der Waals surface area contributed by atoms with Crippen LogP contribution in [-0.4, -0.2) is 51.9 Å². The van der Waals surface area contributed by atoms with Crippen LogP contribution in [0.5, 0.6) is 5.75 Å². The van der Waals surface area contributed by atoms with Crippen molar-refractivity contribution in [3.05, 3.63) is 28.2 Å². The van der Waals surface area contributed by atoms with Gasteiger partial charge in [0, 0.05) is 13.1 Å². The Morgan fingerprint density at radius 1 is 1.47 bits per heavy atom. The van der Waals surface area contributed by atoms with Gasteiger partial charge in [-0.1, -0.05) is 6.07 Å². The van der Waals surface area contributed by atoms with Crippen LogP contribution in [0.25, 0.3) is 0 Å². The first-order chi connectivity index (χ1) is 9.13. The maximum atomic E-state index is 5.90. The molecule has 0 amide bonds. The highest BCUT2D eigenvalue weighted by Gasteiger charge is 2.28. The van der Waals surface area contributed by atoms with Gasteiger partial charge in [0.05, 0.1) is 30.3 Å². The molecule has 0 spiro atoms. The number of methoxy groups -OCH3 is 1. The van der Waals surface area contributed by atoms with Crippen LogP contribution < -0.4 is 10.1 Å². The molecule has 1 N–H and O–H groups in total. The fourth-order valence-corrected chi connectivity index (χ4v) is 3.06. The summed E-state index contributed by atoms with van der Waals surface area (Å²) in [5.41, 5.74) is 1.23. The number of nitrogens with one attached hydrogen (secondary N) is 1. The number of halogens is 1. The van der Waals surface area contributed by atoms with Gasteiger partial charge in [0.1, 0.15) is 5.75 Å². The minimum Gasteiger partial charge on any atom is -0.496 e. The molecule has 2 unspecified atom stereocenters. The van der Waals surface area contributed by atoms with E-state index in [9.17, 15) is 0 Å². The average molecular weight is 329 g/mol. The van der Waals surface area contributed by atoms with Crippen LogP contribution in [0, 0.1) is 0 Å². The third kappa shape index (κ3) is 3.48. The molecule has 0 saturated carbocycles. The van der Waals surface area contributed by atoms with E-state index in [2.05, 4.69) is 52.4 Å². The maximum Gasteiger partial charge on any atom is 0.133 e. The zero-order valence-corrected chi connectivity index (χ0v) is 13.2. The van der Waals surface area contributed by atoms with Crippen LogP contribution in [0.4, 0.5) is 0 Å². The molecule has 0 radical (unpaired) electrons. The summed E-state index contributed by atoms with van der Waals surface area (Å²) in [6.07, 6.45) is 0.170. The van der Waals surface area contributed by atoms with Crippen LogP contribution >= 0.6 is 15.9 Å². The molecule has 5 heteroatoms. The number of nitrogens with zero attached hydrogens (tertiary/aromatic N) is 1. The van der Waals surface area contributed by atoms with Gasteiger partial charge in [0.25, 0.3) is 0 Å². The fourth-order valence-electron chi connectivity index (χ4n) is 2.50. The Hall–Kier alpha value is -0.620. The van der Waals surface area contributed by atoms with E-state index in [1.54, 1.807) is 7.11 Å². The number of hydrogen-bond acceptors (Lipinski definition) is 4. The Morgan fingerprint density at radius 2 is 2.26 bits per heavy atom. The molecule has 1 aromatic carbocycles. The van der Waals surface area contributed by atoms with E-state index in [0.717, 1.165) is 29.9 Å². The molecule has 2 atom stereocenters. The molecule has 2 rings (SSSR count). The topological polar surface area (TPSA) is 33.7 Å². The van der Waals surface area contributed by atoms with E-state index in [0.29, 0.717) is 0 Å². The molecule has 106 valence electrons. The van der Waals surface area contributed by atoms with Gasteiger partial charge in [-0.25, -0.2) is 0 Å². The molecule has 1 saturated heterocycles. The summed E-state index contributed by atoms with van der Waals surface area (Å²) in [5.74, 6) is 0.851. The normalized spacial score (nSPS) is 21.4. The molecule has 1 aromatic rings. The number of rotatable bonds is 4. The first kappa shape index (κ1) is 14.8. The Labute approximate surface area is 123 Å². The highest BCUT2D eigenvalue weighted by Crippen LogP contribution is 2.32. The van der Waals surface area contributed by atoms with Crippen LogP contribution in [0.15, 0.2) is 22.7 Å². The van der Waals surface area contributed by atoms with Gasteiger partial charge >= 0.3 is 0 Å². The third-order valence-electron chi connectivity index (χ3n) is 3.38. The number of hydrogen-bond donors (Lipinski definition) is 1. The number of ether oxygens (including phenoxy) is 2. The molecule has 0 aromatic heterocycles. The largest absolute Gasteiger partial charge is 0.496 e. The van der Waals surface area contributed by atoms with Crippen LogP contribution in [0.1, 0.15) is 11.6 Å². The smallest absolute Gasteiger partial charge is 0.133 e. The molecule has 0 aliphatic carbocycles. The van der Waals surface area contributed by atoms with Gasteiger partial charge in [0.2, 0.25) is 0 Å². The van der Waals surface area contributed by atoms with Crippen LogP contribution in [0.2, 0.25) is 0 Å². The standard InChI is InChI=1S/C14H21BrN2O2/c1-17(2)14(13-9-16-6-7-19-13)10-4-5-12(18-3)11(15)8-10/h4-5,8,13-14,16H,6-7,9H2,1-3H3. The fraction of sp³-hybridized carbons (Fsp3) is 0.571. The zero-order chi connectivity index (χ0) is 13.8. The van der Waals surface area contributed by atoms with Gasteiger partial charge < -0.3 is 19.7 Å². The maximum absolute atomic E-state index is 5.90. The quantitative estimate of drug-likeness (QED) is 0.917. The molecule has 1 aliphatic rings. The van der Waals surface area contributed by atoms with Gasteiger partial charge in [-0.05, 0) is 47.7 Å². The van der Waals surface area contributed by atoms with Crippen molar-refractivity contribution in [1.82, 2.24) is 10.2 Å². The predicted molar refractivity (Wildman–Crippen MR) is 79.7 cm³/mol. The second kappa shape index (κ2) is 6.70. The Kier molecular flexibility index (Phi) is 5.21. The molecule has 0 bridgehead atoms. The molecule has 1 fully saturated rings. The van der Waals surface area contributed by atoms with Crippen LogP contribution in [0.3, 0.4) is 0 Å². The van der Waals surface area contributed by atoms with E-state index in [1.165, 1.54) is 5.56 Å². The van der Waals surface area contributed by atoms with E-state index < -0.39 is 0 Å². The van der Waals surface area contributed by atoms with Gasteiger partial charge in [0.15, 0.2) is 0 Å². The van der Waals surface area contributed by atoms with Crippen molar-refractivity contribution in [2.45, 2.75) is 12.1 Å². The summed E-state index contributed by atoms with van der Waals surface area (Å²) >= 11 is 3.55. The van der Waals surface area contributed by atoms with Gasteiger partial charge in [-0.2, -0.15) is 0 Å². The van der Waals surface area contributed by atoms with Crippen molar-refractivity contribution in [2.75, 3.05) is 40.9 Å². The van der Waals surface area contributed by atoms with Crippen molar-refractivity contribution in [2.24, 2.45) is 0 Å². The number of likely N-dealkylation sites (N-methyl/N-ethyl adjacent to an activating group) is 1. The summed E-state index contributed by atoms with van der Waals surface area (Å²) in [5, 5.41) is 3.39. The zero-order valence-electron chi connectivity index (χ0n) is 11.6. The highest BCUT2D eigenvalue weighted by atomic mass is 79.9. The summed E-state index contributed by atoms with van der Waals surface area (Å²) < 4.78 is 12.2. The monoisotopic (exact) mass is 328 g/mol. The second-order valence-corrected chi connectivity index (χ2v) is 5.77. The Bertz CT molecular complexity index is 420. The van der Waals surface area contributed by atoms with Crippen LogP contribution in [-0.2, 0) is 4.74 Å². The SMILES string of the molecule is COc1ccc(C(C2CNCCO2)N(C)C)cc1Br. The van der Waals surface area contributed by atoms with E-state index in [-0.39, 0.29) is 12.1 Å². The minimum absolute atomic E-state index is 0.170. The summed E-state index contributed by atoms with van der Waals surface area (Å²) in [7, 11) is 5.85. The molecular formula is C14H21BrN2O2. The lowest BCUT2D eigenvalue weighted by atomic mass is 9.99. The van der Waals surface area contributed by atoms with Crippen molar-refractivity contribution in [1.29, 1.82) is 0 Å². The van der Waals surface area contributed by atoms with Crippen molar-refractivity contribution >= 4 is 15.9 Å². The minimum atomic E-state index is 0.170. The first-order valence-corrected chi connectivity index (χ1v) is 7.25. The van der Waals surface area contributed by atoms with Gasteiger partial charge in [-0.3, -0.25) is 0 Å². The lowest BCUT2D eigenvalue weighted by molar-refractivity contribution is -0.0212. The lowest BCUT2D eigenvalue weighted by Gasteiger charge is -2.35. The van der Waals surface area contributed by atoms with Crippen molar-refractivity contribution in [3.63, 3.8) is 0 Å². The number of morpholine rings is 1. The highest BCUT2D eigenvalue weighted by molar-refractivity contribution is 9.10. The van der Waals surface area contributed by atoms with Crippen molar-refractivity contribution < 1.29 is 9.47 Å². The first-order valence-electron chi connectivity index (χ1n) is 6.45. The molecule has 1 heterocycles. The second-order valence-electron chi connectivity index (χ2n) is 4.92. The summed E-state index contributed by atoms with van der Waals surface area (Å²) in [4.78, 5) is 2.20. The molecule has 4 nitrogen and oxygen atoms in total. The Morgan fingerprint density at radius 3 is 2.79 bits per heavy atom. The molecule has 1 aliphatic heterocycles. The lowest BCUT2D eigenvalue weighted by Crippen LogP contribution is -2.45. The molecule has 19 heavy (non-hydrogen) atoms.